The van der Waals surface area contributed by atoms with Crippen molar-refractivity contribution in [2.45, 2.75) is 49.8 Å². The fourth-order valence-corrected chi connectivity index (χ4v) is 3.38. The highest BCUT2D eigenvalue weighted by Crippen LogP contribution is 2.35. The molecular weight excluding hydrogens is 276 g/mol. The Kier molecular flexibility index (Phi) is 4.90. The van der Waals surface area contributed by atoms with E-state index in [1.807, 2.05) is 6.92 Å². The average molecular weight is 297 g/mol. The Labute approximate surface area is 113 Å². The van der Waals surface area contributed by atoms with Crippen LogP contribution in [0.25, 0.3) is 0 Å². The van der Waals surface area contributed by atoms with Gasteiger partial charge in [-0.15, -0.1) is 0 Å². The summed E-state index contributed by atoms with van der Waals surface area (Å²) in [5.74, 6) is 1.71. The molecular formula is C15H21BrO. The molecule has 1 aliphatic rings. The second-order valence-electron chi connectivity index (χ2n) is 4.82. The van der Waals surface area contributed by atoms with Crippen LogP contribution in [0.15, 0.2) is 24.3 Å². The van der Waals surface area contributed by atoms with Gasteiger partial charge in [-0.2, -0.15) is 0 Å². The largest absolute Gasteiger partial charge is 0.494 e. The van der Waals surface area contributed by atoms with Crippen LogP contribution < -0.4 is 4.74 Å². The summed E-state index contributed by atoms with van der Waals surface area (Å²) in [5, 5.41) is 0. The maximum Gasteiger partial charge on any atom is 0.119 e. The van der Waals surface area contributed by atoms with Gasteiger partial charge in [-0.05, 0) is 49.8 Å². The maximum absolute atomic E-state index is 5.48. The highest BCUT2D eigenvalue weighted by atomic mass is 79.9. The van der Waals surface area contributed by atoms with E-state index in [4.69, 9.17) is 4.74 Å². The van der Waals surface area contributed by atoms with E-state index in [9.17, 15) is 0 Å². The van der Waals surface area contributed by atoms with Gasteiger partial charge in [0, 0.05) is 4.83 Å². The van der Waals surface area contributed by atoms with Gasteiger partial charge in [0.1, 0.15) is 5.75 Å². The van der Waals surface area contributed by atoms with E-state index >= 15 is 0 Å². The minimum absolute atomic E-state index is 0.696. The normalized spacial score (nSPS) is 25.3. The summed E-state index contributed by atoms with van der Waals surface area (Å²) in [5.41, 5.74) is 1.47. The Morgan fingerprint density at radius 1 is 1.18 bits per heavy atom. The van der Waals surface area contributed by atoms with E-state index in [1.54, 1.807) is 0 Å². The van der Waals surface area contributed by atoms with Crippen molar-refractivity contribution >= 4 is 15.9 Å². The van der Waals surface area contributed by atoms with E-state index in [0.717, 1.165) is 18.3 Å². The van der Waals surface area contributed by atoms with Gasteiger partial charge < -0.3 is 4.74 Å². The van der Waals surface area contributed by atoms with Crippen LogP contribution in [-0.4, -0.2) is 11.4 Å². The SMILES string of the molecule is CCOc1ccc(C2CCCCC(Br)C2)cc1. The van der Waals surface area contributed by atoms with Crippen LogP contribution in [0.4, 0.5) is 0 Å². The second-order valence-corrected chi connectivity index (χ2v) is 6.11. The van der Waals surface area contributed by atoms with Crippen LogP contribution in [0.3, 0.4) is 0 Å². The molecule has 0 saturated heterocycles. The molecule has 1 aromatic carbocycles. The number of halogens is 1. The lowest BCUT2D eigenvalue weighted by Crippen LogP contribution is -2.03. The number of hydrogen-bond acceptors (Lipinski definition) is 1. The van der Waals surface area contributed by atoms with Gasteiger partial charge in [0.25, 0.3) is 0 Å². The van der Waals surface area contributed by atoms with Gasteiger partial charge in [0.05, 0.1) is 6.61 Å². The predicted molar refractivity (Wildman–Crippen MR) is 76.2 cm³/mol. The standard InChI is InChI=1S/C15H21BrO/c1-2-17-15-9-7-12(8-10-15)13-5-3-4-6-14(16)11-13/h7-10,13-14H,2-6,11H2,1H3. The van der Waals surface area contributed by atoms with Gasteiger partial charge >= 0.3 is 0 Å². The van der Waals surface area contributed by atoms with Crippen molar-refractivity contribution < 1.29 is 4.74 Å². The fourth-order valence-electron chi connectivity index (χ4n) is 2.61. The quantitative estimate of drug-likeness (QED) is 0.570. The number of ether oxygens (including phenoxy) is 1. The molecule has 0 bridgehead atoms. The summed E-state index contributed by atoms with van der Waals surface area (Å²) in [4.78, 5) is 0.696. The summed E-state index contributed by atoms with van der Waals surface area (Å²) < 4.78 is 5.48. The molecule has 0 radical (unpaired) electrons. The molecule has 0 aromatic heterocycles. The molecule has 1 fully saturated rings. The molecule has 2 unspecified atom stereocenters. The maximum atomic E-state index is 5.48. The summed E-state index contributed by atoms with van der Waals surface area (Å²) >= 11 is 3.79. The fraction of sp³-hybridized carbons (Fsp3) is 0.600. The zero-order chi connectivity index (χ0) is 12.1. The second kappa shape index (κ2) is 6.44. The summed E-state index contributed by atoms with van der Waals surface area (Å²) in [6.45, 7) is 2.76. The first-order valence-electron chi connectivity index (χ1n) is 6.66. The van der Waals surface area contributed by atoms with Crippen molar-refractivity contribution in [2.24, 2.45) is 0 Å². The van der Waals surface area contributed by atoms with Gasteiger partial charge in [-0.25, -0.2) is 0 Å². The van der Waals surface area contributed by atoms with Crippen LogP contribution in [0.2, 0.25) is 0 Å². The number of hydrogen-bond donors (Lipinski definition) is 0. The van der Waals surface area contributed by atoms with Crippen molar-refractivity contribution in [2.75, 3.05) is 6.61 Å². The van der Waals surface area contributed by atoms with Gasteiger partial charge in [-0.1, -0.05) is 40.9 Å². The molecule has 1 saturated carbocycles. The van der Waals surface area contributed by atoms with Crippen LogP contribution in [0, 0.1) is 0 Å². The summed E-state index contributed by atoms with van der Waals surface area (Å²) in [6, 6.07) is 8.68. The molecule has 1 nitrogen and oxygen atoms in total. The predicted octanol–water partition coefficient (Wildman–Crippen LogP) is 4.90. The molecule has 0 heterocycles. The smallest absolute Gasteiger partial charge is 0.119 e. The summed E-state index contributed by atoms with van der Waals surface area (Å²) in [6.07, 6.45) is 6.65. The van der Waals surface area contributed by atoms with Gasteiger partial charge in [0.2, 0.25) is 0 Å². The van der Waals surface area contributed by atoms with E-state index < -0.39 is 0 Å². The van der Waals surface area contributed by atoms with E-state index in [2.05, 4.69) is 40.2 Å². The molecule has 1 aromatic rings. The molecule has 1 aliphatic carbocycles. The third kappa shape index (κ3) is 3.74. The average Bonchev–Trinajstić information content (AvgIpc) is 2.55. The van der Waals surface area contributed by atoms with E-state index in [0.29, 0.717) is 4.83 Å². The zero-order valence-corrected chi connectivity index (χ0v) is 12.1. The number of rotatable bonds is 3. The van der Waals surface area contributed by atoms with Crippen LogP contribution >= 0.6 is 15.9 Å². The Morgan fingerprint density at radius 2 is 1.88 bits per heavy atom. The topological polar surface area (TPSA) is 9.23 Å². The van der Waals surface area contributed by atoms with E-state index in [-0.39, 0.29) is 0 Å². The monoisotopic (exact) mass is 296 g/mol. The Hall–Kier alpha value is -0.500. The molecule has 0 amide bonds. The first kappa shape index (κ1) is 12.9. The Balaban J connectivity index is 2.04. The van der Waals surface area contributed by atoms with E-state index in [1.165, 1.54) is 37.7 Å². The van der Waals surface area contributed by atoms with Crippen molar-refractivity contribution in [3.8, 4) is 5.75 Å². The molecule has 2 heteroatoms. The lowest BCUT2D eigenvalue weighted by molar-refractivity contribution is 0.340. The lowest BCUT2D eigenvalue weighted by Gasteiger charge is -2.17. The van der Waals surface area contributed by atoms with Gasteiger partial charge in [0.15, 0.2) is 0 Å². The molecule has 17 heavy (non-hydrogen) atoms. The molecule has 2 atom stereocenters. The molecule has 0 N–H and O–H groups in total. The Bertz CT molecular complexity index is 333. The van der Waals surface area contributed by atoms with Crippen LogP contribution in [0.1, 0.15) is 50.5 Å². The summed E-state index contributed by atoms with van der Waals surface area (Å²) in [7, 11) is 0. The third-order valence-electron chi connectivity index (χ3n) is 3.52. The van der Waals surface area contributed by atoms with Gasteiger partial charge in [-0.3, -0.25) is 0 Å². The van der Waals surface area contributed by atoms with Crippen molar-refractivity contribution in [1.29, 1.82) is 0 Å². The highest BCUT2D eigenvalue weighted by Gasteiger charge is 2.19. The lowest BCUT2D eigenvalue weighted by atomic mass is 9.92. The molecule has 2 rings (SSSR count). The van der Waals surface area contributed by atoms with Crippen molar-refractivity contribution in [3.63, 3.8) is 0 Å². The molecule has 0 spiro atoms. The molecule has 0 aliphatic heterocycles. The van der Waals surface area contributed by atoms with Crippen molar-refractivity contribution in [1.82, 2.24) is 0 Å². The highest BCUT2D eigenvalue weighted by molar-refractivity contribution is 9.09. The Morgan fingerprint density at radius 3 is 2.59 bits per heavy atom. The number of benzene rings is 1. The van der Waals surface area contributed by atoms with Crippen molar-refractivity contribution in [3.05, 3.63) is 29.8 Å². The van der Waals surface area contributed by atoms with Crippen LogP contribution in [-0.2, 0) is 0 Å². The van der Waals surface area contributed by atoms with Crippen LogP contribution in [0.5, 0.6) is 5.75 Å². The number of alkyl halides is 1. The minimum atomic E-state index is 0.696. The molecule has 94 valence electrons. The first-order chi connectivity index (χ1) is 8.29. The minimum Gasteiger partial charge on any atom is -0.494 e. The zero-order valence-electron chi connectivity index (χ0n) is 10.5. The third-order valence-corrected chi connectivity index (χ3v) is 4.35. The first-order valence-corrected chi connectivity index (χ1v) is 7.58.